The highest BCUT2D eigenvalue weighted by molar-refractivity contribution is 14.1. The lowest BCUT2D eigenvalue weighted by Gasteiger charge is -2.08. The molecule has 0 aliphatic rings. The Morgan fingerprint density at radius 3 is 2.71 bits per heavy atom. The van der Waals surface area contributed by atoms with Gasteiger partial charge in [0, 0.05) is 4.88 Å². The van der Waals surface area contributed by atoms with Crippen molar-refractivity contribution in [1.29, 1.82) is 0 Å². The third-order valence-corrected chi connectivity index (χ3v) is 5.04. The zero-order chi connectivity index (χ0) is 10.1. The Hall–Kier alpha value is 0.0900. The lowest BCUT2D eigenvalue weighted by Crippen LogP contribution is -2.10. The molecule has 14 heavy (non-hydrogen) atoms. The summed E-state index contributed by atoms with van der Waals surface area (Å²) in [6.07, 6.45) is 0. The third kappa shape index (κ3) is 2.03. The lowest BCUT2D eigenvalue weighted by molar-refractivity contribution is 0.890. The summed E-state index contributed by atoms with van der Waals surface area (Å²) in [4.78, 5) is 1.28. The molecule has 0 saturated carbocycles. The predicted octanol–water partition coefficient (Wildman–Crippen LogP) is 3.77. The van der Waals surface area contributed by atoms with Gasteiger partial charge in [0.25, 0.3) is 0 Å². The molecule has 0 fully saturated rings. The van der Waals surface area contributed by atoms with Crippen molar-refractivity contribution in [2.75, 3.05) is 0 Å². The van der Waals surface area contributed by atoms with E-state index in [2.05, 4.69) is 52.4 Å². The van der Waals surface area contributed by atoms with Crippen LogP contribution in [0.5, 0.6) is 0 Å². The molecular weight excluding hydrogens is 325 g/mol. The van der Waals surface area contributed by atoms with E-state index in [0.717, 1.165) is 0 Å². The Labute approximate surface area is 105 Å². The molecule has 4 heteroatoms. The van der Waals surface area contributed by atoms with Gasteiger partial charge in [0.1, 0.15) is 0 Å². The smallest absolute Gasteiger partial charge is 0.0657 e. The maximum atomic E-state index is 6.19. The van der Waals surface area contributed by atoms with E-state index in [9.17, 15) is 0 Å². The van der Waals surface area contributed by atoms with E-state index in [-0.39, 0.29) is 6.04 Å². The SMILES string of the molecule is Cc1ccsc1C(N)c1csc(I)c1. The zero-order valence-electron chi connectivity index (χ0n) is 7.66. The fourth-order valence-corrected chi connectivity index (χ4v) is 3.70. The number of thiophene rings is 2. The summed E-state index contributed by atoms with van der Waals surface area (Å²) in [5, 5.41) is 4.24. The van der Waals surface area contributed by atoms with Crippen LogP contribution >= 0.6 is 45.3 Å². The molecule has 2 heterocycles. The topological polar surface area (TPSA) is 26.0 Å². The van der Waals surface area contributed by atoms with Crippen LogP contribution in [0, 0.1) is 9.81 Å². The Morgan fingerprint density at radius 1 is 1.43 bits per heavy atom. The van der Waals surface area contributed by atoms with Crippen LogP contribution in [-0.4, -0.2) is 0 Å². The highest BCUT2D eigenvalue weighted by Crippen LogP contribution is 2.30. The van der Waals surface area contributed by atoms with Gasteiger partial charge in [-0.1, -0.05) is 0 Å². The van der Waals surface area contributed by atoms with Gasteiger partial charge in [-0.2, -0.15) is 0 Å². The molecule has 74 valence electrons. The number of aryl methyl sites for hydroxylation is 1. The minimum absolute atomic E-state index is 0.0507. The van der Waals surface area contributed by atoms with Gasteiger partial charge in [0.2, 0.25) is 0 Å². The van der Waals surface area contributed by atoms with Gasteiger partial charge in [-0.25, -0.2) is 0 Å². The molecule has 1 atom stereocenters. The Bertz CT molecular complexity index is 433. The summed E-state index contributed by atoms with van der Waals surface area (Å²) in [5.41, 5.74) is 8.71. The molecule has 0 saturated heterocycles. The van der Waals surface area contributed by atoms with E-state index in [0.29, 0.717) is 0 Å². The average Bonchev–Trinajstić information content (AvgIpc) is 2.73. The molecule has 0 aliphatic heterocycles. The van der Waals surface area contributed by atoms with Gasteiger partial charge in [-0.3, -0.25) is 0 Å². The molecule has 1 unspecified atom stereocenters. The van der Waals surface area contributed by atoms with Crippen molar-refractivity contribution in [1.82, 2.24) is 0 Å². The first-order valence-electron chi connectivity index (χ1n) is 4.22. The largest absolute Gasteiger partial charge is 0.320 e. The van der Waals surface area contributed by atoms with Crippen LogP contribution in [0.25, 0.3) is 0 Å². The first-order valence-corrected chi connectivity index (χ1v) is 7.06. The molecule has 2 N–H and O–H groups in total. The number of halogens is 1. The van der Waals surface area contributed by atoms with Crippen LogP contribution in [0.15, 0.2) is 22.9 Å². The van der Waals surface area contributed by atoms with Gasteiger partial charge in [-0.05, 0) is 63.5 Å². The van der Waals surface area contributed by atoms with Crippen LogP contribution in [0.2, 0.25) is 0 Å². The second-order valence-corrected chi connectivity index (χ2v) is 6.88. The fourth-order valence-electron chi connectivity index (χ4n) is 1.34. The monoisotopic (exact) mass is 335 g/mol. The number of hydrogen-bond donors (Lipinski definition) is 1. The molecule has 2 aromatic heterocycles. The summed E-state index contributed by atoms with van der Waals surface area (Å²) in [6.45, 7) is 2.11. The third-order valence-electron chi connectivity index (χ3n) is 2.13. The van der Waals surface area contributed by atoms with E-state index in [1.54, 1.807) is 22.7 Å². The summed E-state index contributed by atoms with van der Waals surface area (Å²) in [7, 11) is 0. The van der Waals surface area contributed by atoms with Gasteiger partial charge in [-0.15, -0.1) is 22.7 Å². The van der Waals surface area contributed by atoms with Crippen molar-refractivity contribution in [3.05, 3.63) is 41.8 Å². The van der Waals surface area contributed by atoms with E-state index in [1.807, 2.05) is 0 Å². The van der Waals surface area contributed by atoms with E-state index >= 15 is 0 Å². The molecule has 2 aromatic rings. The van der Waals surface area contributed by atoms with Gasteiger partial charge < -0.3 is 5.73 Å². The number of rotatable bonds is 2. The van der Waals surface area contributed by atoms with Crippen molar-refractivity contribution in [3.63, 3.8) is 0 Å². The molecule has 0 aromatic carbocycles. The van der Waals surface area contributed by atoms with Gasteiger partial charge in [0.15, 0.2) is 0 Å². The normalized spacial score (nSPS) is 13.1. The highest BCUT2D eigenvalue weighted by Gasteiger charge is 2.13. The highest BCUT2D eigenvalue weighted by atomic mass is 127. The summed E-state index contributed by atoms with van der Waals surface area (Å²) >= 11 is 5.81. The van der Waals surface area contributed by atoms with Crippen LogP contribution in [0.3, 0.4) is 0 Å². The van der Waals surface area contributed by atoms with Crippen molar-refractivity contribution < 1.29 is 0 Å². The van der Waals surface area contributed by atoms with Gasteiger partial charge >= 0.3 is 0 Å². The summed E-state index contributed by atoms with van der Waals surface area (Å²) in [6, 6.07) is 4.33. The minimum Gasteiger partial charge on any atom is -0.320 e. The Balaban J connectivity index is 2.33. The van der Waals surface area contributed by atoms with Crippen LogP contribution < -0.4 is 5.73 Å². The summed E-state index contributed by atoms with van der Waals surface area (Å²) in [5.74, 6) is 0. The van der Waals surface area contributed by atoms with Crippen molar-refractivity contribution in [2.24, 2.45) is 5.73 Å². The van der Waals surface area contributed by atoms with Crippen molar-refractivity contribution in [2.45, 2.75) is 13.0 Å². The van der Waals surface area contributed by atoms with Crippen molar-refractivity contribution in [3.8, 4) is 0 Å². The van der Waals surface area contributed by atoms with Crippen LogP contribution in [0.4, 0.5) is 0 Å². The van der Waals surface area contributed by atoms with Crippen molar-refractivity contribution >= 4 is 45.3 Å². The van der Waals surface area contributed by atoms with Crippen LogP contribution in [-0.2, 0) is 0 Å². The molecule has 0 spiro atoms. The molecule has 0 radical (unpaired) electrons. The molecule has 0 aliphatic carbocycles. The average molecular weight is 335 g/mol. The first-order chi connectivity index (χ1) is 6.68. The molecule has 0 amide bonds. The Kier molecular flexibility index (Phi) is 3.26. The van der Waals surface area contributed by atoms with E-state index in [1.165, 1.54) is 18.9 Å². The maximum absolute atomic E-state index is 6.19. The molecule has 1 nitrogen and oxygen atoms in total. The standard InChI is InChI=1S/C10H10INS2/c1-6-2-3-13-10(6)9(12)7-4-8(11)14-5-7/h2-5,9H,12H2,1H3. The second-order valence-electron chi connectivity index (χ2n) is 3.13. The molecular formula is C10H10INS2. The second kappa shape index (κ2) is 4.30. The lowest BCUT2D eigenvalue weighted by atomic mass is 10.1. The van der Waals surface area contributed by atoms with Gasteiger partial charge in [0.05, 0.1) is 8.93 Å². The fraction of sp³-hybridized carbons (Fsp3) is 0.200. The Morgan fingerprint density at radius 2 is 2.21 bits per heavy atom. The zero-order valence-corrected chi connectivity index (χ0v) is 11.4. The minimum atomic E-state index is 0.0507. The van der Waals surface area contributed by atoms with E-state index < -0.39 is 0 Å². The predicted molar refractivity (Wildman–Crippen MR) is 72.1 cm³/mol. The summed E-state index contributed by atoms with van der Waals surface area (Å²) < 4.78 is 1.29. The molecule has 2 rings (SSSR count). The van der Waals surface area contributed by atoms with Crippen LogP contribution in [0.1, 0.15) is 22.0 Å². The number of hydrogen-bond acceptors (Lipinski definition) is 3. The maximum Gasteiger partial charge on any atom is 0.0657 e. The number of nitrogens with two attached hydrogens (primary N) is 1. The molecule has 0 bridgehead atoms. The van der Waals surface area contributed by atoms with E-state index in [4.69, 9.17) is 5.73 Å². The first kappa shape index (κ1) is 10.6. The quantitative estimate of drug-likeness (QED) is 0.831.